The fourth-order valence-electron chi connectivity index (χ4n) is 4.22. The molecular formula is C15H25F3N4O. The molecule has 0 unspecified atom stereocenters. The molecule has 1 saturated carbocycles. The molecular weight excluding hydrogens is 309 g/mol. The molecule has 8 heteroatoms. The van der Waals surface area contributed by atoms with Crippen molar-refractivity contribution in [2.45, 2.75) is 31.5 Å². The van der Waals surface area contributed by atoms with Crippen LogP contribution in [0.1, 0.15) is 19.3 Å². The number of halogens is 3. The van der Waals surface area contributed by atoms with Gasteiger partial charge in [0.15, 0.2) is 0 Å². The summed E-state index contributed by atoms with van der Waals surface area (Å²) in [6.45, 7) is 2.21. The monoisotopic (exact) mass is 334 g/mol. The molecule has 5 nitrogen and oxygen atoms in total. The van der Waals surface area contributed by atoms with Gasteiger partial charge >= 0.3 is 12.2 Å². The average Bonchev–Trinajstić information content (AvgIpc) is 3.01. The summed E-state index contributed by atoms with van der Waals surface area (Å²) in [5, 5.41) is 6.25. The number of urea groups is 1. The Balaban J connectivity index is 1.49. The lowest BCUT2D eigenvalue weighted by Crippen LogP contribution is -2.49. The summed E-state index contributed by atoms with van der Waals surface area (Å²) in [6, 6.07) is 0.197. The molecule has 0 bridgehead atoms. The molecule has 0 radical (unpaired) electrons. The van der Waals surface area contributed by atoms with Crippen LogP contribution in [0.3, 0.4) is 0 Å². The van der Waals surface area contributed by atoms with E-state index in [1.165, 1.54) is 0 Å². The largest absolute Gasteiger partial charge is 0.396 e. The number of fused-ring (bicyclic) bond motifs is 1. The van der Waals surface area contributed by atoms with E-state index in [1.54, 1.807) is 23.9 Å². The molecule has 2 heterocycles. The Bertz CT molecular complexity index is 476. The van der Waals surface area contributed by atoms with E-state index in [2.05, 4.69) is 10.6 Å². The summed E-state index contributed by atoms with van der Waals surface area (Å²) in [7, 11) is 3.45. The number of rotatable bonds is 3. The first-order chi connectivity index (χ1) is 10.7. The fraction of sp³-hybridized carbons (Fsp3) is 0.933. The van der Waals surface area contributed by atoms with Gasteiger partial charge in [-0.05, 0) is 19.3 Å². The van der Waals surface area contributed by atoms with Gasteiger partial charge in [-0.15, -0.1) is 0 Å². The van der Waals surface area contributed by atoms with Crippen molar-refractivity contribution in [2.24, 2.45) is 10.8 Å². The van der Waals surface area contributed by atoms with Crippen molar-refractivity contribution in [2.75, 3.05) is 46.8 Å². The van der Waals surface area contributed by atoms with E-state index in [9.17, 15) is 18.0 Å². The van der Waals surface area contributed by atoms with Crippen molar-refractivity contribution >= 4 is 6.03 Å². The molecule has 3 rings (SSSR count). The Morgan fingerprint density at radius 1 is 1.30 bits per heavy atom. The van der Waals surface area contributed by atoms with Gasteiger partial charge in [-0.25, -0.2) is 4.79 Å². The maximum Gasteiger partial charge on any atom is 0.396 e. The molecule has 2 atom stereocenters. The lowest BCUT2D eigenvalue weighted by molar-refractivity contribution is -0.190. The van der Waals surface area contributed by atoms with Crippen molar-refractivity contribution in [3.63, 3.8) is 0 Å². The van der Waals surface area contributed by atoms with Crippen LogP contribution in [0.25, 0.3) is 0 Å². The normalized spacial score (nSPS) is 34.4. The minimum absolute atomic E-state index is 0.000294. The molecule has 0 spiro atoms. The SMILES string of the molecule is CN(C)C(=O)N1CCC(NC[C@@]23CNC[C@]2(C(F)(F)F)C3)CC1. The molecule has 132 valence electrons. The maximum absolute atomic E-state index is 13.3. The number of nitrogens with one attached hydrogen (secondary N) is 2. The van der Waals surface area contributed by atoms with Crippen LogP contribution in [-0.2, 0) is 0 Å². The first-order valence-electron chi connectivity index (χ1n) is 8.18. The third-order valence-electron chi connectivity index (χ3n) is 5.84. The molecule has 3 aliphatic rings. The van der Waals surface area contributed by atoms with E-state index in [0.29, 0.717) is 26.2 Å². The highest BCUT2D eigenvalue weighted by molar-refractivity contribution is 5.73. The van der Waals surface area contributed by atoms with E-state index in [1.807, 2.05) is 0 Å². The van der Waals surface area contributed by atoms with Crippen LogP contribution in [0.4, 0.5) is 18.0 Å². The van der Waals surface area contributed by atoms with Gasteiger partial charge in [0.05, 0.1) is 5.41 Å². The molecule has 3 fully saturated rings. The summed E-state index contributed by atoms with van der Waals surface area (Å²) in [5.74, 6) is 0. The number of hydrogen-bond donors (Lipinski definition) is 2. The summed E-state index contributed by atoms with van der Waals surface area (Å²) in [5.41, 5.74) is -2.18. The molecule has 2 saturated heterocycles. The van der Waals surface area contributed by atoms with Gasteiger partial charge in [-0.1, -0.05) is 0 Å². The third-order valence-corrected chi connectivity index (χ3v) is 5.84. The summed E-state index contributed by atoms with van der Waals surface area (Å²) >= 11 is 0. The average molecular weight is 334 g/mol. The number of hydrogen-bond acceptors (Lipinski definition) is 3. The predicted octanol–water partition coefficient (Wildman–Crippen LogP) is 1.26. The molecule has 0 aromatic carbocycles. The number of piperidine rings is 2. The van der Waals surface area contributed by atoms with Crippen molar-refractivity contribution in [1.29, 1.82) is 0 Å². The number of carbonyl (C=O) groups excluding carboxylic acids is 1. The van der Waals surface area contributed by atoms with Crippen LogP contribution >= 0.6 is 0 Å². The second-order valence-electron chi connectivity index (χ2n) is 7.46. The van der Waals surface area contributed by atoms with Gasteiger partial charge in [-0.3, -0.25) is 0 Å². The number of likely N-dealkylation sites (tertiary alicyclic amines) is 1. The first-order valence-corrected chi connectivity index (χ1v) is 8.18. The molecule has 1 aliphatic carbocycles. The van der Waals surface area contributed by atoms with Crippen molar-refractivity contribution < 1.29 is 18.0 Å². The van der Waals surface area contributed by atoms with E-state index in [-0.39, 0.29) is 25.0 Å². The Morgan fingerprint density at radius 2 is 1.96 bits per heavy atom. The molecule has 2 amide bonds. The van der Waals surface area contributed by atoms with E-state index < -0.39 is 17.0 Å². The van der Waals surface area contributed by atoms with Gasteiger partial charge in [-0.2, -0.15) is 13.2 Å². The second-order valence-corrected chi connectivity index (χ2v) is 7.46. The standard InChI is InChI=1S/C15H25F3N4O/c1-21(2)12(23)22-5-3-11(4-6-22)20-9-13-7-14(13,10-19-8-13)15(16,17)18/h11,19-20H,3-10H2,1-2H3/t13-,14-/m1/s1. The Morgan fingerprint density at radius 3 is 2.48 bits per heavy atom. The number of carbonyl (C=O) groups is 1. The minimum atomic E-state index is -4.13. The quantitative estimate of drug-likeness (QED) is 0.817. The molecule has 2 N–H and O–H groups in total. The topological polar surface area (TPSA) is 47.6 Å². The van der Waals surface area contributed by atoms with Gasteiger partial charge in [0, 0.05) is 58.3 Å². The van der Waals surface area contributed by atoms with Gasteiger partial charge in [0.2, 0.25) is 0 Å². The highest BCUT2D eigenvalue weighted by Crippen LogP contribution is 2.72. The Kier molecular flexibility index (Phi) is 4.03. The highest BCUT2D eigenvalue weighted by Gasteiger charge is 2.81. The van der Waals surface area contributed by atoms with Crippen molar-refractivity contribution in [3.05, 3.63) is 0 Å². The van der Waals surface area contributed by atoms with E-state index in [4.69, 9.17) is 0 Å². The Hall–Kier alpha value is -1.02. The number of amides is 2. The summed E-state index contributed by atoms with van der Waals surface area (Å²) < 4.78 is 39.9. The zero-order chi connectivity index (χ0) is 16.9. The predicted molar refractivity (Wildman–Crippen MR) is 80.1 cm³/mol. The fourth-order valence-corrected chi connectivity index (χ4v) is 4.22. The zero-order valence-electron chi connectivity index (χ0n) is 13.7. The summed E-state index contributed by atoms with van der Waals surface area (Å²) in [6.07, 6.45) is -2.30. The number of alkyl halides is 3. The van der Waals surface area contributed by atoms with Crippen LogP contribution in [-0.4, -0.2) is 74.9 Å². The molecule has 23 heavy (non-hydrogen) atoms. The smallest absolute Gasteiger partial charge is 0.331 e. The molecule has 2 aliphatic heterocycles. The number of nitrogens with zero attached hydrogens (tertiary/aromatic N) is 2. The van der Waals surface area contributed by atoms with Crippen LogP contribution in [0.5, 0.6) is 0 Å². The molecule has 0 aromatic heterocycles. The van der Waals surface area contributed by atoms with Gasteiger partial charge < -0.3 is 20.4 Å². The van der Waals surface area contributed by atoms with Crippen LogP contribution in [0.15, 0.2) is 0 Å². The van der Waals surface area contributed by atoms with E-state index >= 15 is 0 Å². The van der Waals surface area contributed by atoms with Crippen LogP contribution in [0, 0.1) is 10.8 Å². The lowest BCUT2D eigenvalue weighted by Gasteiger charge is -2.34. The first kappa shape index (κ1) is 16.8. The van der Waals surface area contributed by atoms with Crippen molar-refractivity contribution in [1.82, 2.24) is 20.4 Å². The van der Waals surface area contributed by atoms with E-state index in [0.717, 1.165) is 12.8 Å². The van der Waals surface area contributed by atoms with Gasteiger partial charge in [0.1, 0.15) is 0 Å². The minimum Gasteiger partial charge on any atom is -0.331 e. The molecule has 0 aromatic rings. The second kappa shape index (κ2) is 5.51. The lowest BCUT2D eigenvalue weighted by atomic mass is 9.94. The van der Waals surface area contributed by atoms with Crippen LogP contribution in [0.2, 0.25) is 0 Å². The zero-order valence-corrected chi connectivity index (χ0v) is 13.7. The summed E-state index contributed by atoms with van der Waals surface area (Å²) in [4.78, 5) is 15.2. The Labute approximate surface area is 134 Å². The highest BCUT2D eigenvalue weighted by atomic mass is 19.4. The van der Waals surface area contributed by atoms with Gasteiger partial charge in [0.25, 0.3) is 0 Å². The van der Waals surface area contributed by atoms with Crippen molar-refractivity contribution in [3.8, 4) is 0 Å². The maximum atomic E-state index is 13.3. The van der Waals surface area contributed by atoms with Crippen LogP contribution < -0.4 is 10.6 Å². The third kappa shape index (κ3) is 2.69.